The van der Waals surface area contributed by atoms with E-state index in [1.165, 1.54) is 58.2 Å². The molecule has 0 aromatic carbocycles. The maximum Gasteiger partial charge on any atom is 0.0173 e. The Hall–Kier alpha value is -0.0800. The highest BCUT2D eigenvalue weighted by Gasteiger charge is 2.23. The largest absolute Gasteiger partial charge is 0.316 e. The van der Waals surface area contributed by atoms with Crippen LogP contribution in [0.3, 0.4) is 0 Å². The second-order valence-electron chi connectivity index (χ2n) is 5.27. The molecule has 1 aliphatic heterocycles. The Morgan fingerprint density at radius 2 is 1.88 bits per heavy atom. The predicted molar refractivity (Wildman–Crippen MR) is 71.8 cm³/mol. The molecule has 0 aromatic heterocycles. The highest BCUT2D eigenvalue weighted by molar-refractivity contribution is 4.84. The smallest absolute Gasteiger partial charge is 0.0173 e. The third-order valence-corrected chi connectivity index (χ3v) is 4.48. The summed E-state index contributed by atoms with van der Waals surface area (Å²) in [5.41, 5.74) is 0.405. The van der Waals surface area contributed by atoms with Crippen molar-refractivity contribution in [1.29, 1.82) is 0 Å². The summed E-state index contributed by atoms with van der Waals surface area (Å²) < 4.78 is 0. The van der Waals surface area contributed by atoms with Crippen LogP contribution in [-0.4, -0.2) is 25.2 Å². The molecule has 2 nitrogen and oxygen atoms in total. The number of rotatable bonds is 7. The fourth-order valence-electron chi connectivity index (χ4n) is 2.84. The topological polar surface area (TPSA) is 24.1 Å². The quantitative estimate of drug-likeness (QED) is 0.697. The molecule has 16 heavy (non-hydrogen) atoms. The first kappa shape index (κ1) is 14.0. The molecular weight excluding hydrogens is 196 g/mol. The second kappa shape index (κ2) is 7.29. The van der Waals surface area contributed by atoms with E-state index >= 15 is 0 Å². The van der Waals surface area contributed by atoms with Crippen LogP contribution in [0.4, 0.5) is 0 Å². The van der Waals surface area contributed by atoms with Crippen molar-refractivity contribution in [2.24, 2.45) is 5.92 Å². The monoisotopic (exact) mass is 226 g/mol. The molecule has 0 aliphatic carbocycles. The van der Waals surface area contributed by atoms with E-state index in [1.54, 1.807) is 0 Å². The summed E-state index contributed by atoms with van der Waals surface area (Å²) in [6, 6.07) is 0. The van der Waals surface area contributed by atoms with Crippen molar-refractivity contribution >= 4 is 0 Å². The van der Waals surface area contributed by atoms with E-state index in [9.17, 15) is 0 Å². The fraction of sp³-hybridized carbons (Fsp3) is 1.00. The lowest BCUT2D eigenvalue weighted by Crippen LogP contribution is -2.45. The molecular formula is C14H30N2. The number of hydrogen-bond acceptors (Lipinski definition) is 2. The summed E-state index contributed by atoms with van der Waals surface area (Å²) in [5, 5.41) is 7.30. The van der Waals surface area contributed by atoms with Gasteiger partial charge in [0.25, 0.3) is 0 Å². The van der Waals surface area contributed by atoms with E-state index in [4.69, 9.17) is 0 Å². The third-order valence-electron chi connectivity index (χ3n) is 4.48. The van der Waals surface area contributed by atoms with Gasteiger partial charge in [-0.1, -0.05) is 20.8 Å². The van der Waals surface area contributed by atoms with Gasteiger partial charge >= 0.3 is 0 Å². The van der Waals surface area contributed by atoms with Crippen molar-refractivity contribution in [3.8, 4) is 0 Å². The fourth-order valence-corrected chi connectivity index (χ4v) is 2.84. The minimum absolute atomic E-state index is 0.405. The summed E-state index contributed by atoms with van der Waals surface area (Å²) in [4.78, 5) is 0. The number of nitrogens with one attached hydrogen (secondary N) is 2. The van der Waals surface area contributed by atoms with E-state index < -0.39 is 0 Å². The molecule has 1 aliphatic rings. The Morgan fingerprint density at radius 3 is 2.38 bits per heavy atom. The summed E-state index contributed by atoms with van der Waals surface area (Å²) in [6.07, 6.45) is 7.89. The van der Waals surface area contributed by atoms with Gasteiger partial charge in [-0.05, 0) is 64.1 Å². The number of hydrogen-bond donors (Lipinski definition) is 2. The van der Waals surface area contributed by atoms with E-state index in [-0.39, 0.29) is 0 Å². The zero-order chi connectivity index (χ0) is 11.9. The molecule has 0 saturated carbocycles. The van der Waals surface area contributed by atoms with Gasteiger partial charge in [0.15, 0.2) is 0 Å². The Kier molecular flexibility index (Phi) is 6.37. The molecule has 1 fully saturated rings. The van der Waals surface area contributed by atoms with E-state index in [2.05, 4.69) is 31.4 Å². The molecule has 1 atom stereocenters. The van der Waals surface area contributed by atoms with Crippen molar-refractivity contribution in [3.63, 3.8) is 0 Å². The molecule has 0 amide bonds. The van der Waals surface area contributed by atoms with Gasteiger partial charge in [-0.2, -0.15) is 0 Å². The van der Waals surface area contributed by atoms with Crippen molar-refractivity contribution in [2.75, 3.05) is 19.6 Å². The Bertz CT molecular complexity index is 161. The Balaban J connectivity index is 2.21. The minimum atomic E-state index is 0.405. The van der Waals surface area contributed by atoms with Crippen LogP contribution in [0.1, 0.15) is 59.3 Å². The molecule has 2 heteroatoms. The van der Waals surface area contributed by atoms with E-state index in [0.717, 1.165) is 5.92 Å². The lowest BCUT2D eigenvalue weighted by Gasteiger charge is -2.33. The van der Waals surface area contributed by atoms with Crippen LogP contribution in [0.15, 0.2) is 0 Å². The highest BCUT2D eigenvalue weighted by Crippen LogP contribution is 2.20. The summed E-state index contributed by atoms with van der Waals surface area (Å²) in [5.74, 6) is 0.907. The summed E-state index contributed by atoms with van der Waals surface area (Å²) >= 11 is 0. The maximum atomic E-state index is 3.80. The first-order valence-corrected chi connectivity index (χ1v) is 7.22. The average molecular weight is 226 g/mol. The van der Waals surface area contributed by atoms with Crippen LogP contribution in [-0.2, 0) is 0 Å². The van der Waals surface area contributed by atoms with Crippen molar-refractivity contribution < 1.29 is 0 Å². The molecule has 0 radical (unpaired) electrons. The van der Waals surface area contributed by atoms with Gasteiger partial charge in [0.05, 0.1) is 0 Å². The minimum Gasteiger partial charge on any atom is -0.316 e. The van der Waals surface area contributed by atoms with Gasteiger partial charge in [0.1, 0.15) is 0 Å². The van der Waals surface area contributed by atoms with Gasteiger partial charge in [-0.15, -0.1) is 0 Å². The Morgan fingerprint density at radius 1 is 1.19 bits per heavy atom. The lowest BCUT2D eigenvalue weighted by molar-refractivity contribution is 0.269. The third kappa shape index (κ3) is 4.06. The Labute approximate surface area is 102 Å². The first-order valence-electron chi connectivity index (χ1n) is 7.22. The molecule has 0 bridgehead atoms. The van der Waals surface area contributed by atoms with Crippen LogP contribution in [0, 0.1) is 5.92 Å². The summed E-state index contributed by atoms with van der Waals surface area (Å²) in [7, 11) is 0. The van der Waals surface area contributed by atoms with Crippen molar-refractivity contribution in [3.05, 3.63) is 0 Å². The average Bonchev–Trinajstić information content (AvgIpc) is 2.37. The second-order valence-corrected chi connectivity index (χ2v) is 5.27. The van der Waals surface area contributed by atoms with Crippen LogP contribution >= 0.6 is 0 Å². The summed E-state index contributed by atoms with van der Waals surface area (Å²) in [6.45, 7) is 10.6. The number of piperidine rings is 1. The van der Waals surface area contributed by atoms with Crippen LogP contribution in [0.25, 0.3) is 0 Å². The van der Waals surface area contributed by atoms with Gasteiger partial charge in [0.2, 0.25) is 0 Å². The molecule has 0 spiro atoms. The molecule has 1 rings (SSSR count). The van der Waals surface area contributed by atoms with Gasteiger partial charge in [0, 0.05) is 5.54 Å². The van der Waals surface area contributed by atoms with Gasteiger partial charge in [-0.25, -0.2) is 0 Å². The molecule has 1 saturated heterocycles. The molecule has 1 unspecified atom stereocenters. The maximum absolute atomic E-state index is 3.80. The standard InChI is InChI=1S/C14H30N2/c1-4-14(5-2,6-3)16-11-9-13-8-7-10-15-12-13/h13,15-16H,4-12H2,1-3H3. The predicted octanol–water partition coefficient (Wildman–Crippen LogP) is 2.93. The highest BCUT2D eigenvalue weighted by atomic mass is 15.0. The molecule has 96 valence electrons. The van der Waals surface area contributed by atoms with Crippen molar-refractivity contribution in [1.82, 2.24) is 10.6 Å². The van der Waals surface area contributed by atoms with Gasteiger partial charge in [-0.3, -0.25) is 0 Å². The van der Waals surface area contributed by atoms with Crippen LogP contribution < -0.4 is 10.6 Å². The molecule has 1 heterocycles. The molecule has 2 N–H and O–H groups in total. The SMILES string of the molecule is CCC(CC)(CC)NCCC1CCCNC1. The zero-order valence-electron chi connectivity index (χ0n) is 11.4. The van der Waals surface area contributed by atoms with Crippen LogP contribution in [0.2, 0.25) is 0 Å². The first-order chi connectivity index (χ1) is 7.76. The zero-order valence-corrected chi connectivity index (χ0v) is 11.4. The normalized spacial score (nSPS) is 22.3. The van der Waals surface area contributed by atoms with Crippen molar-refractivity contribution in [2.45, 2.75) is 64.8 Å². The van der Waals surface area contributed by atoms with Crippen LogP contribution in [0.5, 0.6) is 0 Å². The van der Waals surface area contributed by atoms with E-state index in [0.29, 0.717) is 5.54 Å². The lowest BCUT2D eigenvalue weighted by atomic mass is 9.89. The van der Waals surface area contributed by atoms with Gasteiger partial charge < -0.3 is 10.6 Å². The molecule has 0 aromatic rings. The van der Waals surface area contributed by atoms with E-state index in [1.807, 2.05) is 0 Å².